The van der Waals surface area contributed by atoms with Crippen molar-refractivity contribution in [2.75, 3.05) is 0 Å². The number of ether oxygens (including phenoxy) is 1. The van der Waals surface area contributed by atoms with Crippen molar-refractivity contribution in [1.29, 1.82) is 0 Å². The Morgan fingerprint density at radius 3 is 2.53 bits per heavy atom. The van der Waals surface area contributed by atoms with Gasteiger partial charge in [-0.3, -0.25) is 0 Å². The second-order valence-corrected chi connectivity index (χ2v) is 3.07. The molecule has 0 bridgehead atoms. The summed E-state index contributed by atoms with van der Waals surface area (Å²) in [4.78, 5) is 11.6. The van der Waals surface area contributed by atoms with Crippen molar-refractivity contribution in [3.05, 3.63) is 61.2 Å². The number of carbonyl (C=O) groups excluding carboxylic acids is 1. The van der Waals surface area contributed by atoms with Gasteiger partial charge in [0.05, 0.1) is 5.56 Å². The fourth-order valence-electron chi connectivity index (χ4n) is 1.14. The molecule has 0 radical (unpaired) electrons. The molecule has 0 saturated carbocycles. The van der Waals surface area contributed by atoms with Gasteiger partial charge < -0.3 is 4.74 Å². The fraction of sp³-hybridized carbons (Fsp3) is 0.154. The Labute approximate surface area is 89.9 Å². The van der Waals surface area contributed by atoms with Gasteiger partial charge in [0.25, 0.3) is 0 Å². The molecule has 1 unspecified atom stereocenters. The van der Waals surface area contributed by atoms with Crippen LogP contribution in [0.3, 0.4) is 0 Å². The molecule has 2 heteroatoms. The Morgan fingerprint density at radius 1 is 1.33 bits per heavy atom. The Hall–Kier alpha value is -1.83. The monoisotopic (exact) mass is 202 g/mol. The van der Waals surface area contributed by atoms with Gasteiger partial charge in [-0.05, 0) is 12.1 Å². The average molecular weight is 202 g/mol. The van der Waals surface area contributed by atoms with Crippen molar-refractivity contribution >= 4 is 5.97 Å². The summed E-state index contributed by atoms with van der Waals surface area (Å²) in [5.41, 5.74) is 0.549. The van der Waals surface area contributed by atoms with E-state index in [9.17, 15) is 4.79 Å². The van der Waals surface area contributed by atoms with Gasteiger partial charge in [0.15, 0.2) is 0 Å². The first-order valence-electron chi connectivity index (χ1n) is 4.77. The molecule has 0 saturated heterocycles. The molecule has 1 rings (SSSR count). The highest BCUT2D eigenvalue weighted by atomic mass is 16.5. The fourth-order valence-corrected chi connectivity index (χ4v) is 1.14. The molecule has 15 heavy (non-hydrogen) atoms. The van der Waals surface area contributed by atoms with Crippen molar-refractivity contribution in [2.45, 2.75) is 12.5 Å². The van der Waals surface area contributed by atoms with Gasteiger partial charge in [0.1, 0.15) is 6.10 Å². The van der Waals surface area contributed by atoms with E-state index in [-0.39, 0.29) is 12.1 Å². The maximum Gasteiger partial charge on any atom is 0.338 e. The summed E-state index contributed by atoms with van der Waals surface area (Å²) in [5, 5.41) is 0. The summed E-state index contributed by atoms with van der Waals surface area (Å²) in [6, 6.07) is 8.89. The number of carbonyl (C=O) groups is 1. The Morgan fingerprint density at radius 2 is 2.00 bits per heavy atom. The van der Waals surface area contributed by atoms with E-state index in [1.807, 2.05) is 6.07 Å². The molecular formula is C13H14O2. The molecule has 2 nitrogen and oxygen atoms in total. The van der Waals surface area contributed by atoms with Crippen molar-refractivity contribution in [1.82, 2.24) is 0 Å². The summed E-state index contributed by atoms with van der Waals surface area (Å²) in [6.45, 7) is 7.19. The normalized spacial score (nSPS) is 11.5. The zero-order valence-electron chi connectivity index (χ0n) is 8.56. The number of hydrogen-bond acceptors (Lipinski definition) is 2. The van der Waals surface area contributed by atoms with E-state index in [2.05, 4.69) is 13.2 Å². The second-order valence-electron chi connectivity index (χ2n) is 3.07. The molecule has 1 aromatic rings. The first-order valence-corrected chi connectivity index (χ1v) is 4.77. The first-order chi connectivity index (χ1) is 7.27. The van der Waals surface area contributed by atoms with Gasteiger partial charge in [-0.1, -0.05) is 36.9 Å². The molecule has 0 spiro atoms. The Balaban J connectivity index is 2.62. The van der Waals surface area contributed by atoms with Crippen LogP contribution in [0.1, 0.15) is 16.8 Å². The van der Waals surface area contributed by atoms with Crippen LogP contribution in [0, 0.1) is 0 Å². The maximum absolute atomic E-state index is 11.6. The van der Waals surface area contributed by atoms with E-state index in [0.717, 1.165) is 0 Å². The van der Waals surface area contributed by atoms with E-state index in [0.29, 0.717) is 12.0 Å². The van der Waals surface area contributed by atoms with Crippen LogP contribution in [0.25, 0.3) is 0 Å². The number of hydrogen-bond donors (Lipinski definition) is 0. The van der Waals surface area contributed by atoms with E-state index in [1.165, 1.54) is 0 Å². The molecule has 0 aromatic heterocycles. The lowest BCUT2D eigenvalue weighted by Crippen LogP contribution is -2.15. The van der Waals surface area contributed by atoms with E-state index in [1.54, 1.807) is 36.4 Å². The van der Waals surface area contributed by atoms with Crippen molar-refractivity contribution in [2.24, 2.45) is 0 Å². The molecule has 0 amide bonds. The molecule has 1 aromatic carbocycles. The molecule has 0 heterocycles. The predicted octanol–water partition coefficient (Wildman–Crippen LogP) is 2.97. The third kappa shape index (κ3) is 3.43. The van der Waals surface area contributed by atoms with Gasteiger partial charge in [-0.25, -0.2) is 4.79 Å². The van der Waals surface area contributed by atoms with E-state index in [4.69, 9.17) is 4.74 Å². The molecule has 0 aliphatic rings. The smallest absolute Gasteiger partial charge is 0.338 e. The molecule has 0 fully saturated rings. The molecular weight excluding hydrogens is 188 g/mol. The number of rotatable bonds is 5. The van der Waals surface area contributed by atoms with Crippen molar-refractivity contribution in [3.8, 4) is 0 Å². The van der Waals surface area contributed by atoms with Crippen LogP contribution in [0.4, 0.5) is 0 Å². The summed E-state index contributed by atoms with van der Waals surface area (Å²) < 4.78 is 5.20. The largest absolute Gasteiger partial charge is 0.454 e. The van der Waals surface area contributed by atoms with Crippen LogP contribution < -0.4 is 0 Å². The standard InChI is InChI=1S/C13H14O2/c1-3-8-12(4-2)15-13(14)11-9-6-5-7-10-11/h3-7,9-10,12H,1-2,8H2. The minimum atomic E-state index is -0.331. The average Bonchev–Trinajstić information content (AvgIpc) is 2.29. The quantitative estimate of drug-likeness (QED) is 0.542. The molecule has 0 N–H and O–H groups in total. The third-order valence-electron chi connectivity index (χ3n) is 1.93. The van der Waals surface area contributed by atoms with Crippen molar-refractivity contribution < 1.29 is 9.53 Å². The molecule has 1 atom stereocenters. The van der Waals surface area contributed by atoms with Gasteiger partial charge in [0, 0.05) is 6.42 Å². The van der Waals surface area contributed by atoms with E-state index < -0.39 is 0 Å². The highest BCUT2D eigenvalue weighted by molar-refractivity contribution is 5.89. The highest BCUT2D eigenvalue weighted by Gasteiger charge is 2.10. The summed E-state index contributed by atoms with van der Waals surface area (Å²) >= 11 is 0. The minimum Gasteiger partial charge on any atom is -0.454 e. The van der Waals surface area contributed by atoms with Gasteiger partial charge >= 0.3 is 5.97 Å². The summed E-state index contributed by atoms with van der Waals surface area (Å²) in [7, 11) is 0. The molecule has 0 aliphatic carbocycles. The number of benzene rings is 1. The summed E-state index contributed by atoms with van der Waals surface area (Å²) in [6.07, 6.45) is 3.59. The predicted molar refractivity (Wildman–Crippen MR) is 60.7 cm³/mol. The van der Waals surface area contributed by atoms with Crippen LogP contribution in [0.5, 0.6) is 0 Å². The molecule has 78 valence electrons. The lowest BCUT2D eigenvalue weighted by molar-refractivity contribution is 0.0400. The van der Waals surface area contributed by atoms with Crippen molar-refractivity contribution in [3.63, 3.8) is 0 Å². The topological polar surface area (TPSA) is 26.3 Å². The second kappa shape index (κ2) is 5.81. The van der Waals surface area contributed by atoms with Gasteiger partial charge in [-0.15, -0.1) is 6.58 Å². The maximum atomic E-state index is 11.6. The van der Waals surface area contributed by atoms with Gasteiger partial charge in [0.2, 0.25) is 0 Å². The first kappa shape index (κ1) is 11.2. The highest BCUT2D eigenvalue weighted by Crippen LogP contribution is 2.07. The Bertz CT molecular complexity index is 341. The zero-order valence-corrected chi connectivity index (χ0v) is 8.56. The minimum absolute atomic E-state index is 0.296. The van der Waals surface area contributed by atoms with Crippen LogP contribution in [0.15, 0.2) is 55.6 Å². The number of esters is 1. The Kier molecular flexibility index (Phi) is 4.35. The lowest BCUT2D eigenvalue weighted by atomic mass is 10.2. The van der Waals surface area contributed by atoms with Crippen LogP contribution in [-0.4, -0.2) is 12.1 Å². The van der Waals surface area contributed by atoms with E-state index >= 15 is 0 Å². The third-order valence-corrected chi connectivity index (χ3v) is 1.93. The van der Waals surface area contributed by atoms with Gasteiger partial charge in [-0.2, -0.15) is 0 Å². The van der Waals surface area contributed by atoms with Crippen LogP contribution >= 0.6 is 0 Å². The SMILES string of the molecule is C=CCC(C=C)OC(=O)c1ccccc1. The molecule has 0 aliphatic heterocycles. The summed E-state index contributed by atoms with van der Waals surface area (Å²) in [5.74, 6) is -0.331. The van der Waals surface area contributed by atoms with Crippen LogP contribution in [-0.2, 0) is 4.74 Å². The zero-order chi connectivity index (χ0) is 11.1. The lowest BCUT2D eigenvalue weighted by Gasteiger charge is -2.11. The van der Waals surface area contributed by atoms with Crippen LogP contribution in [0.2, 0.25) is 0 Å².